The van der Waals surface area contributed by atoms with Crippen LogP contribution in [-0.2, 0) is 14.4 Å². The Bertz CT molecular complexity index is 615. The van der Waals surface area contributed by atoms with Crippen molar-refractivity contribution < 1.29 is 24.0 Å². The highest BCUT2D eigenvalue weighted by atomic mass is 16.7. The number of carbonyl (C=O) groups excluding carboxylic acids is 4. The summed E-state index contributed by atoms with van der Waals surface area (Å²) in [4.78, 5) is 51.9. The number of urea groups is 1. The zero-order chi connectivity index (χ0) is 17.9. The molecule has 0 aromatic heterocycles. The van der Waals surface area contributed by atoms with Crippen molar-refractivity contribution in [2.45, 2.75) is 6.92 Å². The Balaban J connectivity index is 2.88. The average molecular weight is 333 g/mol. The number of carbonyl (C=O) groups is 4. The summed E-state index contributed by atoms with van der Waals surface area (Å²) in [5.74, 6) is -0.699. The van der Waals surface area contributed by atoms with Crippen LogP contribution < -0.4 is 5.32 Å². The molecule has 0 saturated carbocycles. The zero-order valence-corrected chi connectivity index (χ0v) is 13.5. The fourth-order valence-corrected chi connectivity index (χ4v) is 1.68. The van der Waals surface area contributed by atoms with Gasteiger partial charge in [-0.15, -0.1) is 0 Å². The molecule has 0 fully saturated rings. The van der Waals surface area contributed by atoms with Gasteiger partial charge in [0.15, 0.2) is 0 Å². The minimum absolute atomic E-state index is 0.0112. The summed E-state index contributed by atoms with van der Waals surface area (Å²) < 4.78 is 0. The first-order valence-corrected chi connectivity index (χ1v) is 7.22. The molecule has 128 valence electrons. The highest BCUT2D eigenvalue weighted by Crippen LogP contribution is 2.05. The first-order chi connectivity index (χ1) is 11.5. The molecule has 24 heavy (non-hydrogen) atoms. The van der Waals surface area contributed by atoms with Crippen molar-refractivity contribution in [2.75, 3.05) is 20.1 Å². The zero-order valence-electron chi connectivity index (χ0n) is 13.5. The van der Waals surface area contributed by atoms with Crippen LogP contribution in [0, 0.1) is 0 Å². The number of benzene rings is 1. The summed E-state index contributed by atoms with van der Waals surface area (Å²) in [7, 11) is 1.33. The van der Waals surface area contributed by atoms with E-state index in [0.29, 0.717) is 16.2 Å². The van der Waals surface area contributed by atoms with Crippen LogP contribution in [-0.4, -0.2) is 54.4 Å². The molecular weight excluding hydrogens is 314 g/mol. The second-order valence-corrected chi connectivity index (χ2v) is 4.47. The van der Waals surface area contributed by atoms with Gasteiger partial charge in [-0.05, 0) is 18.6 Å². The van der Waals surface area contributed by atoms with Crippen LogP contribution in [0.2, 0.25) is 0 Å². The largest absolute Gasteiger partial charge is 0.431 e. The molecule has 1 aromatic carbocycles. The summed E-state index contributed by atoms with van der Waals surface area (Å²) >= 11 is 0. The summed E-state index contributed by atoms with van der Waals surface area (Å²) in [5, 5.41) is 2.88. The number of hydrogen-bond acceptors (Lipinski definition) is 5. The Morgan fingerprint density at radius 1 is 1.21 bits per heavy atom. The van der Waals surface area contributed by atoms with Gasteiger partial charge in [0.05, 0.1) is 13.1 Å². The third-order valence-corrected chi connectivity index (χ3v) is 2.87. The predicted octanol–water partition coefficient (Wildman–Crippen LogP) is 1.44. The molecule has 0 bridgehead atoms. The number of imide groups is 1. The van der Waals surface area contributed by atoms with E-state index in [1.807, 2.05) is 6.07 Å². The smallest absolute Gasteiger partial charge is 0.323 e. The molecule has 0 aliphatic rings. The van der Waals surface area contributed by atoms with Gasteiger partial charge in [-0.1, -0.05) is 30.3 Å². The Morgan fingerprint density at radius 3 is 2.42 bits per heavy atom. The van der Waals surface area contributed by atoms with Gasteiger partial charge in [0.25, 0.3) is 5.91 Å². The number of aldehydes is 1. The molecule has 0 radical (unpaired) electrons. The lowest BCUT2D eigenvalue weighted by Crippen LogP contribution is -2.48. The SMILES string of the molecule is CCN(OC(=O)NC)C(=O)N(CC=O)C(=O)/C=C/c1ccccc1. The fraction of sp³-hybridized carbons (Fsp3) is 0.250. The molecule has 1 aromatic rings. The van der Waals surface area contributed by atoms with Crippen LogP contribution in [0.15, 0.2) is 36.4 Å². The molecule has 8 heteroatoms. The van der Waals surface area contributed by atoms with Crippen molar-refractivity contribution in [3.8, 4) is 0 Å². The summed E-state index contributed by atoms with van der Waals surface area (Å²) in [6.45, 7) is 1.12. The average Bonchev–Trinajstić information content (AvgIpc) is 2.62. The Labute approximate surface area is 139 Å². The molecule has 0 aliphatic heterocycles. The van der Waals surface area contributed by atoms with Crippen molar-refractivity contribution >= 4 is 30.4 Å². The second kappa shape index (κ2) is 9.78. The van der Waals surface area contributed by atoms with Crippen LogP contribution in [0.3, 0.4) is 0 Å². The van der Waals surface area contributed by atoms with E-state index in [1.165, 1.54) is 19.2 Å². The lowest BCUT2D eigenvalue weighted by Gasteiger charge is -2.25. The molecular formula is C16H19N3O5. The van der Waals surface area contributed by atoms with Crippen LogP contribution in [0.4, 0.5) is 9.59 Å². The van der Waals surface area contributed by atoms with E-state index in [0.717, 1.165) is 5.56 Å². The van der Waals surface area contributed by atoms with Gasteiger partial charge in [-0.3, -0.25) is 9.69 Å². The van der Waals surface area contributed by atoms with Crippen molar-refractivity contribution in [1.29, 1.82) is 0 Å². The van der Waals surface area contributed by atoms with Crippen molar-refractivity contribution in [3.63, 3.8) is 0 Å². The predicted molar refractivity (Wildman–Crippen MR) is 86.6 cm³/mol. The van der Waals surface area contributed by atoms with Gasteiger partial charge < -0.3 is 14.9 Å². The van der Waals surface area contributed by atoms with E-state index in [4.69, 9.17) is 4.84 Å². The van der Waals surface area contributed by atoms with E-state index in [-0.39, 0.29) is 6.54 Å². The Hall–Kier alpha value is -3.16. The molecule has 0 saturated heterocycles. The van der Waals surface area contributed by atoms with Gasteiger partial charge in [-0.25, -0.2) is 9.59 Å². The van der Waals surface area contributed by atoms with Crippen LogP contribution in [0.5, 0.6) is 0 Å². The fourth-order valence-electron chi connectivity index (χ4n) is 1.68. The molecule has 0 heterocycles. The molecule has 0 atom stereocenters. The van der Waals surface area contributed by atoms with E-state index in [2.05, 4.69) is 5.32 Å². The van der Waals surface area contributed by atoms with Gasteiger partial charge in [-0.2, -0.15) is 5.06 Å². The first kappa shape index (κ1) is 18.9. The highest BCUT2D eigenvalue weighted by molar-refractivity contribution is 6.03. The standard InChI is InChI=1S/C16H19N3O5/c1-3-19(24-15(22)17-2)16(23)18(11-12-20)14(21)10-9-13-7-5-4-6-8-13/h4-10,12H,3,11H2,1-2H3,(H,17,22)/b10-9+. The number of nitrogens with zero attached hydrogens (tertiary/aromatic N) is 2. The monoisotopic (exact) mass is 333 g/mol. The third kappa shape index (κ3) is 5.56. The summed E-state index contributed by atoms with van der Waals surface area (Å²) in [6.07, 6.45) is 2.25. The number of hydrogen-bond donors (Lipinski definition) is 1. The lowest BCUT2D eigenvalue weighted by molar-refractivity contribution is -0.129. The number of rotatable bonds is 5. The van der Waals surface area contributed by atoms with Gasteiger partial charge in [0, 0.05) is 13.1 Å². The van der Waals surface area contributed by atoms with E-state index in [1.54, 1.807) is 31.2 Å². The normalized spacial score (nSPS) is 10.1. The van der Waals surface area contributed by atoms with Crippen LogP contribution in [0.25, 0.3) is 6.08 Å². The summed E-state index contributed by atoms with van der Waals surface area (Å²) in [6, 6.07) is 8.08. The minimum atomic E-state index is -0.907. The molecule has 1 rings (SSSR count). The lowest BCUT2D eigenvalue weighted by atomic mass is 10.2. The maximum atomic E-state index is 12.3. The topological polar surface area (TPSA) is 96.0 Å². The van der Waals surface area contributed by atoms with Gasteiger partial charge in [0.1, 0.15) is 6.29 Å². The molecule has 1 N–H and O–H groups in total. The maximum absolute atomic E-state index is 12.3. The maximum Gasteiger partial charge on any atom is 0.431 e. The van der Waals surface area contributed by atoms with E-state index in [9.17, 15) is 19.2 Å². The second-order valence-electron chi connectivity index (χ2n) is 4.47. The van der Waals surface area contributed by atoms with E-state index >= 15 is 0 Å². The van der Waals surface area contributed by atoms with Crippen molar-refractivity contribution in [1.82, 2.24) is 15.3 Å². The van der Waals surface area contributed by atoms with E-state index < -0.39 is 24.6 Å². The number of amides is 4. The number of nitrogens with one attached hydrogen (secondary N) is 1. The molecule has 0 aliphatic carbocycles. The molecule has 0 spiro atoms. The molecule has 4 amide bonds. The number of hydroxylamine groups is 2. The van der Waals surface area contributed by atoms with Crippen LogP contribution in [0.1, 0.15) is 12.5 Å². The highest BCUT2D eigenvalue weighted by Gasteiger charge is 2.26. The molecule has 0 unspecified atom stereocenters. The first-order valence-electron chi connectivity index (χ1n) is 7.22. The quantitative estimate of drug-likeness (QED) is 0.500. The van der Waals surface area contributed by atoms with Gasteiger partial charge in [0.2, 0.25) is 0 Å². The Morgan fingerprint density at radius 2 is 1.88 bits per heavy atom. The third-order valence-electron chi connectivity index (χ3n) is 2.87. The molecule has 8 nitrogen and oxygen atoms in total. The summed E-state index contributed by atoms with van der Waals surface area (Å²) in [5.41, 5.74) is 0.762. The van der Waals surface area contributed by atoms with Crippen LogP contribution >= 0.6 is 0 Å². The Kier molecular flexibility index (Phi) is 7.69. The van der Waals surface area contributed by atoms with Crippen molar-refractivity contribution in [3.05, 3.63) is 42.0 Å². The van der Waals surface area contributed by atoms with Gasteiger partial charge >= 0.3 is 12.1 Å². The minimum Gasteiger partial charge on any atom is -0.323 e. The van der Waals surface area contributed by atoms with Crippen molar-refractivity contribution in [2.24, 2.45) is 0 Å².